The van der Waals surface area contributed by atoms with Crippen LogP contribution in [-0.4, -0.2) is 11.6 Å². The monoisotopic (exact) mass is 400 g/mol. The SMILES string of the molecule is CC(C)(N)CCCCC1CCC2[C@]1(C)CCC1[C@@]2(C)[C@@H](N)C=C2CCCC[C@@]21C. The van der Waals surface area contributed by atoms with Crippen molar-refractivity contribution in [3.63, 3.8) is 0 Å². The first kappa shape index (κ1) is 21.9. The zero-order valence-electron chi connectivity index (χ0n) is 20.0. The van der Waals surface area contributed by atoms with Crippen molar-refractivity contribution >= 4 is 0 Å². The molecular weight excluding hydrogens is 352 g/mol. The number of hydrogen-bond donors (Lipinski definition) is 2. The summed E-state index contributed by atoms with van der Waals surface area (Å²) in [4.78, 5) is 0. The van der Waals surface area contributed by atoms with Gasteiger partial charge in [-0.2, -0.15) is 0 Å². The van der Waals surface area contributed by atoms with Crippen molar-refractivity contribution in [3.8, 4) is 0 Å². The van der Waals surface area contributed by atoms with Gasteiger partial charge in [0.05, 0.1) is 0 Å². The minimum atomic E-state index is -0.0119. The van der Waals surface area contributed by atoms with E-state index in [1.165, 1.54) is 70.6 Å². The molecule has 4 N–H and O–H groups in total. The molecule has 0 spiro atoms. The van der Waals surface area contributed by atoms with E-state index < -0.39 is 0 Å². The molecule has 4 aliphatic rings. The van der Waals surface area contributed by atoms with Gasteiger partial charge < -0.3 is 11.5 Å². The Morgan fingerprint density at radius 3 is 2.48 bits per heavy atom. The smallest absolute Gasteiger partial charge is 0.0287 e. The fourth-order valence-electron chi connectivity index (χ4n) is 8.96. The Hall–Kier alpha value is -0.340. The Morgan fingerprint density at radius 2 is 1.76 bits per heavy atom. The van der Waals surface area contributed by atoms with Crippen LogP contribution in [0.3, 0.4) is 0 Å². The minimum Gasteiger partial charge on any atom is -0.326 e. The van der Waals surface area contributed by atoms with Gasteiger partial charge in [-0.1, -0.05) is 51.7 Å². The van der Waals surface area contributed by atoms with E-state index in [0.29, 0.717) is 10.8 Å². The van der Waals surface area contributed by atoms with Crippen LogP contribution >= 0.6 is 0 Å². The third kappa shape index (κ3) is 3.45. The third-order valence-corrected chi connectivity index (χ3v) is 10.6. The van der Waals surface area contributed by atoms with Gasteiger partial charge in [-0.05, 0) is 106 Å². The highest BCUT2D eigenvalue weighted by Gasteiger charge is 2.65. The molecule has 7 atom stereocenters. The molecule has 2 heteroatoms. The molecule has 3 fully saturated rings. The lowest BCUT2D eigenvalue weighted by Crippen LogP contribution is -2.62. The molecule has 2 nitrogen and oxygen atoms in total. The average molecular weight is 401 g/mol. The lowest BCUT2D eigenvalue weighted by molar-refractivity contribution is -0.113. The van der Waals surface area contributed by atoms with Crippen LogP contribution in [0.2, 0.25) is 0 Å². The summed E-state index contributed by atoms with van der Waals surface area (Å²) < 4.78 is 0. The van der Waals surface area contributed by atoms with E-state index in [-0.39, 0.29) is 17.0 Å². The summed E-state index contributed by atoms with van der Waals surface area (Å²) in [6.45, 7) is 12.2. The standard InChI is InChI=1S/C27H48N2/c1-24(2,29)15-8-6-10-19-12-13-21-26(19,4)17-14-22-25(3)16-9-7-11-20(25)18-23(28)27(21,22)5/h18-19,21-23H,6-17,28-29H2,1-5H3/t19?,21?,22?,23-,25-,26+,27-/m0/s1. The van der Waals surface area contributed by atoms with Gasteiger partial charge in [0.1, 0.15) is 0 Å². The van der Waals surface area contributed by atoms with Crippen molar-refractivity contribution in [2.45, 2.75) is 123 Å². The van der Waals surface area contributed by atoms with Gasteiger partial charge in [0.25, 0.3) is 0 Å². The second-order valence-corrected chi connectivity index (χ2v) is 12.9. The summed E-state index contributed by atoms with van der Waals surface area (Å²) in [5, 5.41) is 0. The predicted molar refractivity (Wildman–Crippen MR) is 125 cm³/mol. The third-order valence-electron chi connectivity index (χ3n) is 10.6. The largest absolute Gasteiger partial charge is 0.326 e. The molecule has 4 aliphatic carbocycles. The fraction of sp³-hybridized carbons (Fsp3) is 0.926. The van der Waals surface area contributed by atoms with Crippen molar-refractivity contribution < 1.29 is 0 Å². The molecule has 0 aromatic carbocycles. The number of fused-ring (bicyclic) bond motifs is 5. The molecule has 0 aromatic rings. The number of unbranched alkanes of at least 4 members (excludes halogenated alkanes) is 1. The topological polar surface area (TPSA) is 52.0 Å². The first-order valence-electron chi connectivity index (χ1n) is 12.8. The molecule has 3 unspecified atom stereocenters. The van der Waals surface area contributed by atoms with E-state index in [0.717, 1.165) is 24.2 Å². The van der Waals surface area contributed by atoms with Gasteiger partial charge in [0.15, 0.2) is 0 Å². The van der Waals surface area contributed by atoms with Crippen molar-refractivity contribution in [2.75, 3.05) is 0 Å². The Labute approximate surface area is 180 Å². The maximum atomic E-state index is 7.03. The summed E-state index contributed by atoms with van der Waals surface area (Å²) in [6, 6.07) is 0.259. The molecule has 0 aromatic heterocycles. The van der Waals surface area contributed by atoms with Gasteiger partial charge in [-0.25, -0.2) is 0 Å². The quantitative estimate of drug-likeness (QED) is 0.404. The van der Waals surface area contributed by atoms with Gasteiger partial charge in [0, 0.05) is 11.6 Å². The molecule has 4 rings (SSSR count). The summed E-state index contributed by atoms with van der Waals surface area (Å²) in [7, 11) is 0. The van der Waals surface area contributed by atoms with Gasteiger partial charge in [-0.3, -0.25) is 0 Å². The molecule has 0 radical (unpaired) electrons. The van der Waals surface area contributed by atoms with E-state index in [9.17, 15) is 0 Å². The Balaban J connectivity index is 1.53. The van der Waals surface area contributed by atoms with Crippen LogP contribution in [0.15, 0.2) is 11.6 Å². The number of hydrogen-bond acceptors (Lipinski definition) is 2. The lowest BCUT2D eigenvalue weighted by Gasteiger charge is -2.65. The molecule has 0 heterocycles. The Bertz CT molecular complexity index is 645. The maximum Gasteiger partial charge on any atom is 0.0287 e. The van der Waals surface area contributed by atoms with Crippen LogP contribution in [0.5, 0.6) is 0 Å². The van der Waals surface area contributed by atoms with Crippen molar-refractivity contribution in [1.29, 1.82) is 0 Å². The van der Waals surface area contributed by atoms with E-state index in [2.05, 4.69) is 40.7 Å². The zero-order valence-corrected chi connectivity index (χ0v) is 20.0. The van der Waals surface area contributed by atoms with Gasteiger partial charge in [-0.15, -0.1) is 0 Å². The van der Waals surface area contributed by atoms with Crippen LogP contribution in [0.4, 0.5) is 0 Å². The highest BCUT2D eigenvalue weighted by molar-refractivity contribution is 5.30. The normalized spacial score (nSPS) is 47.2. The fourth-order valence-corrected chi connectivity index (χ4v) is 8.96. The highest BCUT2D eigenvalue weighted by atomic mass is 14.8. The summed E-state index contributed by atoms with van der Waals surface area (Å²) in [5.74, 6) is 2.49. The minimum absolute atomic E-state index is 0.0119. The summed E-state index contributed by atoms with van der Waals surface area (Å²) in [6.07, 6.45) is 18.9. The first-order chi connectivity index (χ1) is 13.5. The Morgan fingerprint density at radius 1 is 1.00 bits per heavy atom. The molecule has 0 bridgehead atoms. The molecule has 0 saturated heterocycles. The van der Waals surface area contributed by atoms with E-state index >= 15 is 0 Å². The van der Waals surface area contributed by atoms with Crippen LogP contribution in [0.1, 0.15) is 112 Å². The van der Waals surface area contributed by atoms with Gasteiger partial charge >= 0.3 is 0 Å². The maximum absolute atomic E-state index is 7.03. The number of allylic oxidation sites excluding steroid dienone is 1. The molecule has 166 valence electrons. The second kappa shape index (κ2) is 7.37. The van der Waals surface area contributed by atoms with Gasteiger partial charge in [0.2, 0.25) is 0 Å². The first-order valence-corrected chi connectivity index (χ1v) is 12.8. The summed E-state index contributed by atoms with van der Waals surface area (Å²) in [5.41, 5.74) is 16.2. The Kier molecular flexibility index (Phi) is 5.56. The molecular formula is C27H48N2. The number of nitrogens with two attached hydrogens (primary N) is 2. The average Bonchev–Trinajstić information content (AvgIpc) is 2.97. The van der Waals surface area contributed by atoms with Crippen LogP contribution in [0, 0.1) is 34.0 Å². The second-order valence-electron chi connectivity index (χ2n) is 12.9. The summed E-state index contributed by atoms with van der Waals surface area (Å²) >= 11 is 0. The zero-order chi connectivity index (χ0) is 21.1. The molecule has 0 aliphatic heterocycles. The van der Waals surface area contributed by atoms with E-state index in [4.69, 9.17) is 11.5 Å². The lowest BCUT2D eigenvalue weighted by atomic mass is 9.40. The highest BCUT2D eigenvalue weighted by Crippen LogP contribution is 2.71. The molecule has 0 amide bonds. The van der Waals surface area contributed by atoms with Crippen molar-refractivity contribution in [1.82, 2.24) is 0 Å². The molecule has 29 heavy (non-hydrogen) atoms. The van der Waals surface area contributed by atoms with Crippen molar-refractivity contribution in [3.05, 3.63) is 11.6 Å². The predicted octanol–water partition coefficient (Wildman–Crippen LogP) is 6.58. The molecule has 3 saturated carbocycles. The number of rotatable bonds is 5. The van der Waals surface area contributed by atoms with Crippen molar-refractivity contribution in [2.24, 2.45) is 45.5 Å². The van der Waals surface area contributed by atoms with Crippen LogP contribution in [-0.2, 0) is 0 Å². The van der Waals surface area contributed by atoms with Crippen LogP contribution in [0.25, 0.3) is 0 Å². The van der Waals surface area contributed by atoms with Crippen LogP contribution < -0.4 is 11.5 Å². The van der Waals surface area contributed by atoms with E-state index in [1.807, 2.05) is 0 Å². The van der Waals surface area contributed by atoms with E-state index in [1.54, 1.807) is 5.57 Å².